The molecule has 3 saturated carbocycles. The average Bonchev–Trinajstić information content (AvgIpc) is 3.85. The summed E-state index contributed by atoms with van der Waals surface area (Å²) in [4.78, 5) is 76.2. The van der Waals surface area contributed by atoms with Gasteiger partial charge in [-0.3, -0.25) is 24.0 Å². The number of ketones is 1. The average molecular weight is 622 g/mol. The van der Waals surface area contributed by atoms with E-state index in [0.717, 1.165) is 25.7 Å². The number of urea groups is 1. The van der Waals surface area contributed by atoms with Crippen LogP contribution in [0.3, 0.4) is 0 Å². The minimum atomic E-state index is -1.11. The molecule has 3 unspecified atom stereocenters. The monoisotopic (exact) mass is 621 g/mol. The standard InChI is InChI=1S/C25H39N5O7.C4H8.C3H8/c1-25(2,3)20(29-24(36)27-12-18(31)37-13-15-8-9-15)23(35)30-10-4-5-17(30)22(34)28-16(11-14-6-7-14)19(32)21(26)33;1-2-4-3-1;1-3-2/h14-17,20H,4-13H2,1-3H3,(H2,26,33)(H,28,34)(H2,27,29,36);1-4H2;3H2,1-2H3. The number of primary amides is 1. The van der Waals surface area contributed by atoms with Crippen molar-refractivity contribution in [3.05, 3.63) is 0 Å². The molecule has 0 aromatic rings. The molecule has 3 aliphatic carbocycles. The van der Waals surface area contributed by atoms with Crippen LogP contribution in [0.1, 0.15) is 112 Å². The number of carbonyl (C=O) groups is 6. The van der Waals surface area contributed by atoms with Crippen molar-refractivity contribution in [3.8, 4) is 0 Å². The van der Waals surface area contributed by atoms with Crippen LogP contribution in [0.25, 0.3) is 0 Å². The Morgan fingerprint density at radius 1 is 0.864 bits per heavy atom. The maximum Gasteiger partial charge on any atom is 0.325 e. The molecule has 0 aromatic carbocycles. The van der Waals surface area contributed by atoms with Gasteiger partial charge in [-0.05, 0) is 49.4 Å². The normalized spacial score (nSPS) is 20.2. The zero-order valence-corrected chi connectivity index (χ0v) is 27.4. The summed E-state index contributed by atoms with van der Waals surface area (Å²) in [6, 6.07) is -3.55. The lowest BCUT2D eigenvalue weighted by Crippen LogP contribution is -2.60. The van der Waals surface area contributed by atoms with Crippen molar-refractivity contribution in [2.45, 2.75) is 130 Å². The molecule has 1 aliphatic heterocycles. The lowest BCUT2D eigenvalue weighted by atomic mass is 9.85. The first kappa shape index (κ1) is 37.0. The number of carbonyl (C=O) groups excluding carboxylic acids is 6. The van der Waals surface area contributed by atoms with Gasteiger partial charge in [-0.2, -0.15) is 0 Å². The number of rotatable bonds is 12. The van der Waals surface area contributed by atoms with Gasteiger partial charge >= 0.3 is 12.0 Å². The zero-order valence-electron chi connectivity index (χ0n) is 27.4. The van der Waals surface area contributed by atoms with Crippen molar-refractivity contribution >= 4 is 35.5 Å². The van der Waals surface area contributed by atoms with Gasteiger partial charge in [0.25, 0.3) is 5.91 Å². The van der Waals surface area contributed by atoms with Crippen LogP contribution in [-0.2, 0) is 28.7 Å². The van der Waals surface area contributed by atoms with Gasteiger partial charge in [0, 0.05) is 6.54 Å². The molecule has 12 heteroatoms. The van der Waals surface area contributed by atoms with Crippen LogP contribution in [0.5, 0.6) is 0 Å². The molecule has 250 valence electrons. The van der Waals surface area contributed by atoms with Gasteiger partial charge < -0.3 is 31.3 Å². The summed E-state index contributed by atoms with van der Waals surface area (Å²) in [5.74, 6) is -2.82. The molecule has 5 N–H and O–H groups in total. The number of nitrogens with zero attached hydrogens (tertiary/aromatic N) is 1. The smallest absolute Gasteiger partial charge is 0.325 e. The van der Waals surface area contributed by atoms with Crippen molar-refractivity contribution in [2.24, 2.45) is 23.0 Å². The van der Waals surface area contributed by atoms with Crippen LogP contribution in [0.15, 0.2) is 0 Å². The number of hydrogen-bond donors (Lipinski definition) is 4. The van der Waals surface area contributed by atoms with E-state index in [9.17, 15) is 28.8 Å². The molecule has 0 aromatic heterocycles. The first-order chi connectivity index (χ1) is 20.8. The first-order valence-electron chi connectivity index (χ1n) is 16.4. The summed E-state index contributed by atoms with van der Waals surface area (Å²) in [5.41, 5.74) is 4.46. The Bertz CT molecular complexity index is 995. The van der Waals surface area contributed by atoms with Crippen LogP contribution in [0.2, 0.25) is 0 Å². The molecule has 12 nitrogen and oxygen atoms in total. The number of hydrogen-bond acceptors (Lipinski definition) is 7. The number of Topliss-reactive ketones (excluding diaryl/α,β-unsaturated/α-hetero) is 1. The molecule has 44 heavy (non-hydrogen) atoms. The lowest BCUT2D eigenvalue weighted by molar-refractivity contribution is -0.143. The number of esters is 1. The number of nitrogens with one attached hydrogen (secondary N) is 3. The fraction of sp³-hybridized carbons (Fsp3) is 0.812. The third-order valence-corrected chi connectivity index (χ3v) is 7.94. The van der Waals surface area contributed by atoms with Crippen molar-refractivity contribution in [1.29, 1.82) is 0 Å². The van der Waals surface area contributed by atoms with Gasteiger partial charge in [0.2, 0.25) is 17.6 Å². The molecule has 4 rings (SSSR count). The maximum absolute atomic E-state index is 13.6. The number of amides is 5. The van der Waals surface area contributed by atoms with Crippen LogP contribution < -0.4 is 21.7 Å². The third kappa shape index (κ3) is 13.2. The minimum absolute atomic E-state index is 0.258. The predicted molar refractivity (Wildman–Crippen MR) is 166 cm³/mol. The highest BCUT2D eigenvalue weighted by molar-refractivity contribution is 6.37. The fourth-order valence-corrected chi connectivity index (χ4v) is 4.61. The second kappa shape index (κ2) is 17.9. The summed E-state index contributed by atoms with van der Waals surface area (Å²) in [7, 11) is 0. The molecule has 4 fully saturated rings. The quantitative estimate of drug-likeness (QED) is 0.191. The molecule has 5 amide bonds. The van der Waals surface area contributed by atoms with E-state index in [1.165, 1.54) is 37.0 Å². The number of likely N-dealkylation sites (tertiary alicyclic amines) is 1. The summed E-state index contributed by atoms with van der Waals surface area (Å²) in [5, 5.41) is 7.70. The van der Waals surface area contributed by atoms with Crippen molar-refractivity contribution in [1.82, 2.24) is 20.9 Å². The highest BCUT2D eigenvalue weighted by Crippen LogP contribution is 2.34. The third-order valence-electron chi connectivity index (χ3n) is 7.94. The van der Waals surface area contributed by atoms with E-state index < -0.39 is 59.0 Å². The highest BCUT2D eigenvalue weighted by atomic mass is 16.5. The van der Waals surface area contributed by atoms with E-state index in [0.29, 0.717) is 38.3 Å². The Balaban J connectivity index is 0.000000858. The second-order valence-electron chi connectivity index (χ2n) is 13.5. The van der Waals surface area contributed by atoms with Gasteiger partial charge in [-0.1, -0.05) is 79.6 Å². The van der Waals surface area contributed by atoms with Crippen LogP contribution in [0.4, 0.5) is 4.79 Å². The molecular weight excluding hydrogens is 566 g/mol. The summed E-state index contributed by atoms with van der Waals surface area (Å²) in [6.45, 7) is 9.91. The molecule has 0 spiro atoms. The highest BCUT2D eigenvalue weighted by Gasteiger charge is 2.43. The van der Waals surface area contributed by atoms with Crippen LogP contribution in [-0.4, -0.2) is 78.2 Å². The fourth-order valence-electron chi connectivity index (χ4n) is 4.61. The molecule has 0 radical (unpaired) electrons. The molecule has 1 heterocycles. The summed E-state index contributed by atoms with van der Waals surface area (Å²) in [6.07, 6.45) is 12.5. The number of nitrogens with two attached hydrogens (primary N) is 1. The van der Waals surface area contributed by atoms with Crippen molar-refractivity contribution in [2.75, 3.05) is 19.7 Å². The molecule has 0 bridgehead atoms. The second-order valence-corrected chi connectivity index (χ2v) is 13.5. The largest absolute Gasteiger partial charge is 0.464 e. The van der Waals surface area contributed by atoms with Gasteiger partial charge in [-0.25, -0.2) is 4.79 Å². The van der Waals surface area contributed by atoms with E-state index in [1.807, 2.05) is 0 Å². The van der Waals surface area contributed by atoms with Gasteiger partial charge in [-0.15, -0.1) is 0 Å². The minimum Gasteiger partial charge on any atom is -0.464 e. The zero-order chi connectivity index (χ0) is 32.9. The van der Waals surface area contributed by atoms with Gasteiger partial charge in [0.15, 0.2) is 0 Å². The van der Waals surface area contributed by atoms with Crippen molar-refractivity contribution in [3.63, 3.8) is 0 Å². The van der Waals surface area contributed by atoms with Crippen LogP contribution in [0, 0.1) is 17.3 Å². The Morgan fingerprint density at radius 3 is 1.91 bits per heavy atom. The van der Waals surface area contributed by atoms with Crippen LogP contribution >= 0.6 is 0 Å². The maximum atomic E-state index is 13.6. The van der Waals surface area contributed by atoms with Gasteiger partial charge in [0.1, 0.15) is 18.6 Å². The molecule has 1 saturated heterocycles. The first-order valence-corrected chi connectivity index (χ1v) is 16.4. The Hall–Kier alpha value is -3.18. The van der Waals surface area contributed by atoms with E-state index in [-0.39, 0.29) is 12.5 Å². The Kier molecular flexibility index (Phi) is 15.1. The molecule has 3 atom stereocenters. The SMILES string of the molecule is C1CCC1.CC(C)(C)C(NC(=O)NCC(=O)OCC1CC1)C(=O)N1CCCC1C(=O)NC(CC1CC1)C(=O)C(N)=O.CCC. The van der Waals surface area contributed by atoms with Crippen molar-refractivity contribution < 1.29 is 33.5 Å². The predicted octanol–water partition coefficient (Wildman–Crippen LogP) is 2.96. The summed E-state index contributed by atoms with van der Waals surface area (Å²) < 4.78 is 5.09. The van der Waals surface area contributed by atoms with Gasteiger partial charge in [0.05, 0.1) is 12.6 Å². The van der Waals surface area contributed by atoms with E-state index in [4.69, 9.17) is 10.5 Å². The molecule has 4 aliphatic rings. The lowest BCUT2D eigenvalue weighted by Gasteiger charge is -2.35. The molecular formula is C32H55N5O7. The Labute approximate surface area is 262 Å². The summed E-state index contributed by atoms with van der Waals surface area (Å²) >= 11 is 0. The topological polar surface area (TPSA) is 177 Å². The van der Waals surface area contributed by atoms with E-state index in [2.05, 4.69) is 29.8 Å². The Morgan fingerprint density at radius 2 is 1.43 bits per heavy atom. The number of ether oxygens (including phenoxy) is 1. The van der Waals surface area contributed by atoms with E-state index in [1.54, 1.807) is 20.8 Å². The van der Waals surface area contributed by atoms with E-state index >= 15 is 0 Å².